The van der Waals surface area contributed by atoms with Gasteiger partial charge < -0.3 is 10.6 Å². The molecule has 0 spiro atoms. The van der Waals surface area contributed by atoms with Crippen LogP contribution in [0.5, 0.6) is 0 Å². The zero-order valence-corrected chi connectivity index (χ0v) is 16.0. The molecule has 2 N–H and O–H groups in total. The Balaban J connectivity index is 1.56. The van der Waals surface area contributed by atoms with Gasteiger partial charge in [-0.3, -0.25) is 9.59 Å². The van der Waals surface area contributed by atoms with Crippen LogP contribution in [-0.4, -0.2) is 18.4 Å². The summed E-state index contributed by atoms with van der Waals surface area (Å²) in [6, 6.07) is 15.1. The first-order chi connectivity index (χ1) is 11.5. The van der Waals surface area contributed by atoms with E-state index in [0.29, 0.717) is 5.69 Å². The lowest BCUT2D eigenvalue weighted by atomic mass is 9.95. The highest BCUT2D eigenvalue weighted by molar-refractivity contribution is 9.10. The van der Waals surface area contributed by atoms with Crippen LogP contribution < -0.4 is 10.6 Å². The van der Waals surface area contributed by atoms with Crippen LogP contribution in [-0.2, 0) is 15.0 Å². The molecule has 0 heterocycles. The number of hydrogen-bond donors (Lipinski definition) is 2. The van der Waals surface area contributed by atoms with Crippen molar-refractivity contribution in [3.8, 4) is 0 Å². The maximum absolute atomic E-state index is 12.5. The molecule has 1 aliphatic rings. The maximum Gasteiger partial charge on any atom is 0.243 e. The number of carbonyl (C=O) groups excluding carboxylic acids is 2. The number of carbonyl (C=O) groups is 2. The minimum Gasteiger partial charge on any atom is -0.346 e. The lowest BCUT2D eigenvalue weighted by Gasteiger charge is -2.16. The van der Waals surface area contributed by atoms with Crippen molar-refractivity contribution in [2.75, 3.05) is 11.9 Å². The van der Waals surface area contributed by atoms with E-state index in [1.165, 1.54) is 0 Å². The molecular formula is C18H16Br2N2O2. The van der Waals surface area contributed by atoms with E-state index in [0.717, 1.165) is 27.4 Å². The number of amides is 2. The van der Waals surface area contributed by atoms with Gasteiger partial charge in [-0.25, -0.2) is 0 Å². The molecule has 0 bridgehead atoms. The summed E-state index contributed by atoms with van der Waals surface area (Å²) in [7, 11) is 0. The third-order valence-electron chi connectivity index (χ3n) is 4.12. The quantitative estimate of drug-likeness (QED) is 0.721. The molecule has 3 rings (SSSR count). The smallest absolute Gasteiger partial charge is 0.243 e. The minimum absolute atomic E-state index is 0.0345. The molecule has 0 atom stereocenters. The molecular weight excluding hydrogens is 436 g/mol. The van der Waals surface area contributed by atoms with Gasteiger partial charge in [-0.1, -0.05) is 44.0 Å². The molecule has 0 aliphatic heterocycles. The van der Waals surface area contributed by atoms with Gasteiger partial charge in [0.1, 0.15) is 0 Å². The average Bonchev–Trinajstić information content (AvgIpc) is 3.37. The Bertz CT molecular complexity index is 754. The fourth-order valence-electron chi connectivity index (χ4n) is 2.61. The van der Waals surface area contributed by atoms with Crippen molar-refractivity contribution in [1.82, 2.24) is 5.32 Å². The van der Waals surface area contributed by atoms with Crippen molar-refractivity contribution in [3.63, 3.8) is 0 Å². The van der Waals surface area contributed by atoms with Gasteiger partial charge >= 0.3 is 0 Å². The molecule has 0 unspecified atom stereocenters. The van der Waals surface area contributed by atoms with Crippen LogP contribution in [0.2, 0.25) is 0 Å². The van der Waals surface area contributed by atoms with Gasteiger partial charge in [-0.15, -0.1) is 0 Å². The van der Waals surface area contributed by atoms with Crippen molar-refractivity contribution in [2.24, 2.45) is 0 Å². The zero-order valence-electron chi connectivity index (χ0n) is 12.8. The van der Waals surface area contributed by atoms with Crippen molar-refractivity contribution < 1.29 is 9.59 Å². The van der Waals surface area contributed by atoms with Gasteiger partial charge in [0, 0.05) is 14.6 Å². The Morgan fingerprint density at radius 1 is 0.917 bits per heavy atom. The van der Waals surface area contributed by atoms with E-state index in [9.17, 15) is 9.59 Å². The Hall–Kier alpha value is -1.66. The molecule has 1 aliphatic carbocycles. The lowest BCUT2D eigenvalue weighted by molar-refractivity contribution is -0.126. The van der Waals surface area contributed by atoms with Gasteiger partial charge in [0.25, 0.3) is 0 Å². The second-order valence-electron chi connectivity index (χ2n) is 5.83. The Morgan fingerprint density at radius 2 is 1.46 bits per heavy atom. The highest BCUT2D eigenvalue weighted by Gasteiger charge is 2.51. The van der Waals surface area contributed by atoms with Crippen LogP contribution >= 0.6 is 31.9 Å². The second-order valence-corrected chi connectivity index (χ2v) is 7.66. The van der Waals surface area contributed by atoms with Crippen LogP contribution in [0.4, 0.5) is 5.69 Å². The third kappa shape index (κ3) is 3.87. The fourth-order valence-corrected chi connectivity index (χ4v) is 3.14. The van der Waals surface area contributed by atoms with Crippen LogP contribution in [0.15, 0.2) is 57.5 Å². The van der Waals surface area contributed by atoms with Gasteiger partial charge in [0.05, 0.1) is 12.0 Å². The summed E-state index contributed by atoms with van der Waals surface area (Å²) in [5.41, 5.74) is 1.22. The summed E-state index contributed by atoms with van der Waals surface area (Å²) in [5, 5.41) is 5.52. The molecule has 4 nitrogen and oxygen atoms in total. The number of anilines is 1. The molecule has 2 aromatic carbocycles. The zero-order chi connectivity index (χ0) is 17.2. The molecule has 1 saturated carbocycles. The summed E-state index contributed by atoms with van der Waals surface area (Å²) in [4.78, 5) is 24.5. The van der Waals surface area contributed by atoms with E-state index < -0.39 is 5.41 Å². The Kier molecular flexibility index (Phi) is 5.06. The Morgan fingerprint density at radius 3 is 2.00 bits per heavy atom. The van der Waals surface area contributed by atoms with Crippen LogP contribution in [0.3, 0.4) is 0 Å². The van der Waals surface area contributed by atoms with E-state index in [4.69, 9.17) is 0 Å². The average molecular weight is 452 g/mol. The highest BCUT2D eigenvalue weighted by Crippen LogP contribution is 2.48. The second kappa shape index (κ2) is 7.07. The summed E-state index contributed by atoms with van der Waals surface area (Å²) >= 11 is 6.74. The monoisotopic (exact) mass is 450 g/mol. The van der Waals surface area contributed by atoms with E-state index in [1.54, 1.807) is 12.1 Å². The molecule has 0 saturated heterocycles. The van der Waals surface area contributed by atoms with Gasteiger partial charge in [0.15, 0.2) is 0 Å². The summed E-state index contributed by atoms with van der Waals surface area (Å²) in [6.07, 6.45) is 1.63. The first-order valence-corrected chi connectivity index (χ1v) is 9.18. The summed E-state index contributed by atoms with van der Waals surface area (Å²) in [6.45, 7) is -0.0345. The largest absolute Gasteiger partial charge is 0.346 e. The van der Waals surface area contributed by atoms with E-state index >= 15 is 0 Å². The predicted molar refractivity (Wildman–Crippen MR) is 101 cm³/mol. The summed E-state index contributed by atoms with van der Waals surface area (Å²) in [5.74, 6) is -0.326. The van der Waals surface area contributed by atoms with Crippen molar-refractivity contribution in [3.05, 3.63) is 63.0 Å². The number of nitrogens with one attached hydrogen (secondary N) is 2. The molecule has 24 heavy (non-hydrogen) atoms. The number of halogens is 2. The molecule has 0 radical (unpaired) electrons. The van der Waals surface area contributed by atoms with Crippen LogP contribution in [0.25, 0.3) is 0 Å². The normalized spacial score (nSPS) is 14.8. The molecule has 2 aromatic rings. The SMILES string of the molecule is O=C(CNC(=O)C1(c2ccc(Br)cc2)CC1)Nc1ccc(Br)cc1. The standard InChI is InChI=1S/C18H16Br2N2O2/c19-13-3-1-12(2-4-13)18(9-10-18)17(24)21-11-16(23)22-15-7-5-14(20)6-8-15/h1-8H,9-11H2,(H,21,24)(H,22,23). The molecule has 2 amide bonds. The molecule has 6 heteroatoms. The van der Waals surface area contributed by atoms with Gasteiger partial charge in [-0.2, -0.15) is 0 Å². The topological polar surface area (TPSA) is 58.2 Å². The van der Waals surface area contributed by atoms with Crippen molar-refractivity contribution in [1.29, 1.82) is 0 Å². The van der Waals surface area contributed by atoms with Crippen molar-refractivity contribution >= 4 is 49.4 Å². The highest BCUT2D eigenvalue weighted by atomic mass is 79.9. The van der Waals surface area contributed by atoms with Gasteiger partial charge in [0.2, 0.25) is 11.8 Å². The number of rotatable bonds is 5. The third-order valence-corrected chi connectivity index (χ3v) is 5.18. The van der Waals surface area contributed by atoms with Crippen LogP contribution in [0, 0.1) is 0 Å². The number of benzene rings is 2. The van der Waals surface area contributed by atoms with Gasteiger partial charge in [-0.05, 0) is 54.8 Å². The van der Waals surface area contributed by atoms with E-state index in [1.807, 2.05) is 36.4 Å². The lowest BCUT2D eigenvalue weighted by Crippen LogP contribution is -2.39. The summed E-state index contributed by atoms with van der Waals surface area (Å²) < 4.78 is 1.93. The van der Waals surface area contributed by atoms with E-state index in [2.05, 4.69) is 42.5 Å². The Labute approximate surface area is 157 Å². The predicted octanol–water partition coefficient (Wildman–Crippen LogP) is 4.00. The fraction of sp³-hybridized carbons (Fsp3) is 0.222. The first-order valence-electron chi connectivity index (χ1n) is 7.59. The molecule has 1 fully saturated rings. The minimum atomic E-state index is -0.474. The molecule has 0 aromatic heterocycles. The van der Waals surface area contributed by atoms with Crippen LogP contribution in [0.1, 0.15) is 18.4 Å². The molecule has 124 valence electrons. The van der Waals surface area contributed by atoms with Crippen molar-refractivity contribution in [2.45, 2.75) is 18.3 Å². The maximum atomic E-state index is 12.5. The first kappa shape index (κ1) is 17.2. The number of hydrogen-bond acceptors (Lipinski definition) is 2. The van der Waals surface area contributed by atoms with E-state index in [-0.39, 0.29) is 18.4 Å².